The SMILES string of the molecule is CC[C@@]1(C)NC(=O)N(/N=C\c2c(C)cc(C)cc2C)C1=O. The number of urea groups is 1. The molecule has 5 heteroatoms. The fourth-order valence-corrected chi connectivity index (χ4v) is 2.52. The molecule has 1 fully saturated rings. The summed E-state index contributed by atoms with van der Waals surface area (Å²) in [6, 6.07) is 3.63. The standard InChI is InChI=1S/C16H21N3O2/c1-6-16(5)14(20)19(15(21)18-16)17-9-13-11(3)7-10(2)8-12(13)4/h7-9H,6H2,1-5H3,(H,18,21)/b17-9-/t16-/m1/s1. The summed E-state index contributed by atoms with van der Waals surface area (Å²) in [6.45, 7) is 9.59. The smallest absolute Gasteiger partial charge is 0.322 e. The summed E-state index contributed by atoms with van der Waals surface area (Å²) >= 11 is 0. The summed E-state index contributed by atoms with van der Waals surface area (Å²) in [5, 5.41) is 7.69. The summed E-state index contributed by atoms with van der Waals surface area (Å²) in [7, 11) is 0. The highest BCUT2D eigenvalue weighted by Gasteiger charge is 2.46. The number of imide groups is 1. The second-order valence-electron chi connectivity index (χ2n) is 5.79. The largest absolute Gasteiger partial charge is 0.346 e. The average molecular weight is 287 g/mol. The van der Waals surface area contributed by atoms with E-state index in [9.17, 15) is 9.59 Å². The van der Waals surface area contributed by atoms with Crippen LogP contribution in [0.2, 0.25) is 0 Å². The third kappa shape index (κ3) is 2.68. The first-order valence-electron chi connectivity index (χ1n) is 7.07. The van der Waals surface area contributed by atoms with Gasteiger partial charge < -0.3 is 5.32 Å². The maximum Gasteiger partial charge on any atom is 0.346 e. The van der Waals surface area contributed by atoms with Crippen LogP contribution in [0.1, 0.15) is 42.5 Å². The van der Waals surface area contributed by atoms with E-state index in [2.05, 4.69) is 22.6 Å². The summed E-state index contributed by atoms with van der Waals surface area (Å²) < 4.78 is 0. The Morgan fingerprint density at radius 1 is 1.24 bits per heavy atom. The number of rotatable bonds is 3. The number of hydrogen-bond donors (Lipinski definition) is 1. The first kappa shape index (κ1) is 15.2. The monoisotopic (exact) mass is 287 g/mol. The van der Waals surface area contributed by atoms with Gasteiger partial charge in [0.25, 0.3) is 5.91 Å². The lowest BCUT2D eigenvalue weighted by Gasteiger charge is -2.17. The maximum absolute atomic E-state index is 12.2. The van der Waals surface area contributed by atoms with Gasteiger partial charge in [-0.3, -0.25) is 4.79 Å². The van der Waals surface area contributed by atoms with Crippen LogP contribution in [0.5, 0.6) is 0 Å². The predicted molar refractivity (Wildman–Crippen MR) is 82.3 cm³/mol. The van der Waals surface area contributed by atoms with Gasteiger partial charge in [-0.05, 0) is 45.2 Å². The molecule has 0 aromatic heterocycles. The number of nitrogens with one attached hydrogen (secondary N) is 1. The number of aryl methyl sites for hydroxylation is 3. The van der Waals surface area contributed by atoms with Gasteiger partial charge in [0, 0.05) is 5.56 Å². The predicted octanol–water partition coefficient (Wildman–Crippen LogP) is 2.67. The third-order valence-corrected chi connectivity index (χ3v) is 3.99. The number of hydrogen-bond acceptors (Lipinski definition) is 3. The van der Waals surface area contributed by atoms with Gasteiger partial charge in [-0.25, -0.2) is 4.79 Å². The molecule has 0 bridgehead atoms. The Kier molecular flexibility index (Phi) is 3.85. The van der Waals surface area contributed by atoms with Crippen molar-refractivity contribution >= 4 is 18.2 Å². The van der Waals surface area contributed by atoms with Crippen molar-refractivity contribution < 1.29 is 9.59 Å². The molecule has 5 nitrogen and oxygen atoms in total. The van der Waals surface area contributed by atoms with Crippen LogP contribution in [0.3, 0.4) is 0 Å². The maximum atomic E-state index is 12.2. The zero-order valence-electron chi connectivity index (χ0n) is 13.2. The number of hydrazone groups is 1. The molecule has 0 spiro atoms. The Hall–Kier alpha value is -2.17. The van der Waals surface area contributed by atoms with E-state index >= 15 is 0 Å². The summed E-state index contributed by atoms with van der Waals surface area (Å²) in [5.74, 6) is -0.311. The molecule has 1 aromatic carbocycles. The number of amides is 3. The van der Waals surface area contributed by atoms with E-state index in [-0.39, 0.29) is 5.91 Å². The highest BCUT2D eigenvalue weighted by molar-refractivity contribution is 6.07. The molecule has 112 valence electrons. The van der Waals surface area contributed by atoms with Crippen LogP contribution >= 0.6 is 0 Å². The molecular weight excluding hydrogens is 266 g/mol. The minimum atomic E-state index is -0.855. The highest BCUT2D eigenvalue weighted by Crippen LogP contribution is 2.21. The minimum absolute atomic E-state index is 0.311. The fraction of sp³-hybridized carbons (Fsp3) is 0.438. The van der Waals surface area contributed by atoms with Gasteiger partial charge >= 0.3 is 6.03 Å². The molecule has 1 aliphatic heterocycles. The molecule has 2 rings (SSSR count). The van der Waals surface area contributed by atoms with Crippen molar-refractivity contribution in [3.63, 3.8) is 0 Å². The Morgan fingerprint density at radius 3 is 2.29 bits per heavy atom. The van der Waals surface area contributed by atoms with Crippen molar-refractivity contribution in [1.29, 1.82) is 0 Å². The fourth-order valence-electron chi connectivity index (χ4n) is 2.52. The summed E-state index contributed by atoms with van der Waals surface area (Å²) in [4.78, 5) is 24.1. The van der Waals surface area contributed by atoms with E-state index < -0.39 is 11.6 Å². The topological polar surface area (TPSA) is 61.8 Å². The first-order chi connectivity index (χ1) is 9.78. The van der Waals surface area contributed by atoms with Gasteiger partial charge in [-0.1, -0.05) is 24.6 Å². The Bertz CT molecular complexity index is 613. The molecule has 1 aromatic rings. The second-order valence-corrected chi connectivity index (χ2v) is 5.79. The minimum Gasteiger partial charge on any atom is -0.322 e. The van der Waals surface area contributed by atoms with Crippen LogP contribution < -0.4 is 5.32 Å². The lowest BCUT2D eigenvalue weighted by atomic mass is 10.00. The van der Waals surface area contributed by atoms with Crippen LogP contribution in [0, 0.1) is 20.8 Å². The van der Waals surface area contributed by atoms with Crippen molar-refractivity contribution in [3.05, 3.63) is 34.4 Å². The number of nitrogens with zero attached hydrogens (tertiary/aromatic N) is 2. The Morgan fingerprint density at radius 2 is 1.81 bits per heavy atom. The Balaban J connectivity index is 2.31. The molecule has 3 amide bonds. The van der Waals surface area contributed by atoms with Crippen LogP contribution in [0.4, 0.5) is 4.79 Å². The second kappa shape index (κ2) is 5.31. The molecule has 1 atom stereocenters. The van der Waals surface area contributed by atoms with Crippen molar-refractivity contribution in [2.24, 2.45) is 5.10 Å². The molecule has 1 aliphatic rings. The van der Waals surface area contributed by atoms with Gasteiger partial charge in [0.2, 0.25) is 0 Å². The number of benzene rings is 1. The van der Waals surface area contributed by atoms with Crippen LogP contribution in [0.25, 0.3) is 0 Å². The molecule has 0 saturated carbocycles. The lowest BCUT2D eigenvalue weighted by Crippen LogP contribution is -2.42. The first-order valence-corrected chi connectivity index (χ1v) is 7.07. The van der Waals surface area contributed by atoms with E-state index in [0.717, 1.165) is 21.7 Å². The molecular formula is C16H21N3O2. The number of carbonyl (C=O) groups excluding carboxylic acids is 2. The zero-order valence-corrected chi connectivity index (χ0v) is 13.2. The van der Waals surface area contributed by atoms with E-state index in [1.54, 1.807) is 13.1 Å². The normalized spacial score (nSPS) is 22.2. The van der Waals surface area contributed by atoms with Crippen molar-refractivity contribution in [3.8, 4) is 0 Å². The van der Waals surface area contributed by atoms with Gasteiger partial charge in [-0.2, -0.15) is 5.10 Å². The van der Waals surface area contributed by atoms with Crippen LogP contribution in [0.15, 0.2) is 17.2 Å². The van der Waals surface area contributed by atoms with E-state index in [1.165, 1.54) is 5.56 Å². The summed E-state index contributed by atoms with van der Waals surface area (Å²) in [6.07, 6.45) is 2.12. The highest BCUT2D eigenvalue weighted by atomic mass is 16.2. The lowest BCUT2D eigenvalue weighted by molar-refractivity contribution is -0.130. The quantitative estimate of drug-likeness (QED) is 0.686. The van der Waals surface area contributed by atoms with Gasteiger partial charge in [0.05, 0.1) is 6.21 Å². The van der Waals surface area contributed by atoms with E-state index in [4.69, 9.17) is 0 Å². The van der Waals surface area contributed by atoms with E-state index in [0.29, 0.717) is 6.42 Å². The van der Waals surface area contributed by atoms with Crippen molar-refractivity contribution in [2.75, 3.05) is 0 Å². The molecule has 0 radical (unpaired) electrons. The van der Waals surface area contributed by atoms with Crippen molar-refractivity contribution in [1.82, 2.24) is 10.3 Å². The molecule has 1 saturated heterocycles. The summed E-state index contributed by atoms with van der Waals surface area (Å²) in [5.41, 5.74) is 3.40. The van der Waals surface area contributed by atoms with Gasteiger partial charge in [0.15, 0.2) is 0 Å². The average Bonchev–Trinajstić information content (AvgIpc) is 2.61. The third-order valence-electron chi connectivity index (χ3n) is 3.99. The molecule has 0 unspecified atom stereocenters. The molecule has 1 N–H and O–H groups in total. The number of carbonyl (C=O) groups is 2. The molecule has 0 aliphatic carbocycles. The van der Waals surface area contributed by atoms with Gasteiger partial charge in [0.1, 0.15) is 5.54 Å². The van der Waals surface area contributed by atoms with Crippen LogP contribution in [-0.4, -0.2) is 28.7 Å². The van der Waals surface area contributed by atoms with Gasteiger partial charge in [-0.15, -0.1) is 5.01 Å². The van der Waals surface area contributed by atoms with Crippen LogP contribution in [-0.2, 0) is 4.79 Å². The Labute approximate surface area is 125 Å². The molecule has 21 heavy (non-hydrogen) atoms. The zero-order chi connectivity index (χ0) is 15.8. The molecule has 1 heterocycles. The van der Waals surface area contributed by atoms with E-state index in [1.807, 2.05) is 27.7 Å². The van der Waals surface area contributed by atoms with Crippen molar-refractivity contribution in [2.45, 2.75) is 46.6 Å².